The van der Waals surface area contributed by atoms with Crippen LogP contribution in [-0.4, -0.2) is 24.2 Å². The molecule has 1 N–H and O–H groups in total. The van der Waals surface area contributed by atoms with Crippen molar-refractivity contribution in [3.63, 3.8) is 0 Å². The van der Waals surface area contributed by atoms with E-state index in [1.165, 1.54) is 0 Å². The number of halogens is 4. The van der Waals surface area contributed by atoms with Crippen LogP contribution in [0.25, 0.3) is 22.2 Å². The molecule has 0 saturated carbocycles. The Hall–Kier alpha value is -2.74. The molecule has 0 unspecified atom stereocenters. The number of H-pyrrole nitrogens is 1. The van der Waals surface area contributed by atoms with Crippen molar-refractivity contribution in [1.29, 1.82) is 0 Å². The number of alkyl halides is 3. The molecule has 27 heavy (non-hydrogen) atoms. The first kappa shape index (κ1) is 19.0. The summed E-state index contributed by atoms with van der Waals surface area (Å²) in [5.41, 5.74) is -0.184. The maximum absolute atomic E-state index is 14.6. The average molecular weight is 395 g/mol. The van der Waals surface area contributed by atoms with Crippen molar-refractivity contribution in [2.45, 2.75) is 11.1 Å². The lowest BCUT2D eigenvalue weighted by molar-refractivity contribution is -0.148. The highest BCUT2D eigenvalue weighted by atomic mass is 32.2. The number of fused-ring (bicyclic) bond motifs is 1. The Balaban J connectivity index is 2.19. The lowest BCUT2D eigenvalue weighted by Crippen LogP contribution is -2.22. The highest BCUT2D eigenvalue weighted by molar-refractivity contribution is 8.03. The zero-order valence-corrected chi connectivity index (χ0v) is 14.7. The van der Waals surface area contributed by atoms with E-state index in [2.05, 4.69) is 9.72 Å². The molecule has 0 fully saturated rings. The predicted octanol–water partition coefficient (Wildman–Crippen LogP) is 5.84. The van der Waals surface area contributed by atoms with Crippen LogP contribution >= 0.6 is 11.8 Å². The van der Waals surface area contributed by atoms with Gasteiger partial charge in [-0.3, -0.25) is 0 Å². The molecule has 0 radical (unpaired) electrons. The molecule has 140 valence electrons. The molecule has 0 atom stereocenters. The molecular weight excluding hydrogens is 382 g/mol. The van der Waals surface area contributed by atoms with Gasteiger partial charge in [0.05, 0.1) is 12.8 Å². The van der Waals surface area contributed by atoms with Crippen molar-refractivity contribution in [2.75, 3.05) is 7.11 Å². The monoisotopic (exact) mass is 395 g/mol. The van der Waals surface area contributed by atoms with Gasteiger partial charge >= 0.3 is 12.1 Å². The lowest BCUT2D eigenvalue weighted by Gasteiger charge is -2.11. The third kappa shape index (κ3) is 3.85. The summed E-state index contributed by atoms with van der Waals surface area (Å²) in [4.78, 5) is 14.8. The molecule has 8 heteroatoms. The van der Waals surface area contributed by atoms with Gasteiger partial charge in [-0.1, -0.05) is 60.3 Å². The number of hydrogen-bond donors (Lipinski definition) is 1. The Morgan fingerprint density at radius 3 is 2.30 bits per heavy atom. The van der Waals surface area contributed by atoms with E-state index < -0.39 is 22.9 Å². The minimum Gasteiger partial charge on any atom is -0.465 e. The third-order valence-corrected chi connectivity index (χ3v) is 4.79. The molecule has 1 heterocycles. The summed E-state index contributed by atoms with van der Waals surface area (Å²) in [6.07, 6.45) is -5.18. The topological polar surface area (TPSA) is 42.1 Å². The van der Waals surface area contributed by atoms with Crippen molar-refractivity contribution in [2.24, 2.45) is 0 Å². The minimum absolute atomic E-state index is 0.241. The lowest BCUT2D eigenvalue weighted by atomic mass is 10.1. The van der Waals surface area contributed by atoms with Crippen LogP contribution in [0.2, 0.25) is 0 Å². The van der Waals surface area contributed by atoms with Crippen LogP contribution in [0.15, 0.2) is 70.2 Å². The fourth-order valence-corrected chi connectivity index (χ4v) is 3.62. The minimum atomic E-state index is -5.18. The molecule has 2 aromatic carbocycles. The number of carbonyl (C=O) groups excluding carboxylic acids is 1. The van der Waals surface area contributed by atoms with Gasteiger partial charge in [-0.25, -0.2) is 4.79 Å². The van der Waals surface area contributed by atoms with E-state index in [1.807, 2.05) is 0 Å². The largest absolute Gasteiger partial charge is 0.465 e. The van der Waals surface area contributed by atoms with Crippen molar-refractivity contribution < 1.29 is 27.1 Å². The highest BCUT2D eigenvalue weighted by Gasteiger charge is 2.43. The highest BCUT2D eigenvalue weighted by Crippen LogP contribution is 2.44. The van der Waals surface area contributed by atoms with Crippen molar-refractivity contribution in [3.8, 4) is 11.3 Å². The van der Waals surface area contributed by atoms with E-state index in [4.69, 9.17) is 0 Å². The molecule has 3 nitrogen and oxygen atoms in total. The van der Waals surface area contributed by atoms with Crippen LogP contribution in [0.3, 0.4) is 0 Å². The van der Waals surface area contributed by atoms with E-state index in [0.29, 0.717) is 22.2 Å². The van der Waals surface area contributed by atoms with E-state index in [-0.39, 0.29) is 16.7 Å². The summed E-state index contributed by atoms with van der Waals surface area (Å²) in [5.74, 6) is -1.77. The molecule has 0 spiro atoms. The van der Waals surface area contributed by atoms with Gasteiger partial charge in [0.15, 0.2) is 10.7 Å². The molecule has 0 saturated heterocycles. The predicted molar refractivity (Wildman–Crippen MR) is 95.8 cm³/mol. The summed E-state index contributed by atoms with van der Waals surface area (Å²) >= 11 is 0.241. The summed E-state index contributed by atoms with van der Waals surface area (Å²) in [6, 6.07) is 15.7. The zero-order valence-electron chi connectivity index (χ0n) is 13.9. The van der Waals surface area contributed by atoms with Crippen LogP contribution < -0.4 is 0 Å². The number of aromatic amines is 1. The number of esters is 1. The fraction of sp³-hybridized carbons (Fsp3) is 0.105. The summed E-state index contributed by atoms with van der Waals surface area (Å²) in [5, 5.41) is -1.13. The maximum Gasteiger partial charge on any atom is 0.426 e. The van der Waals surface area contributed by atoms with Gasteiger partial charge in [-0.2, -0.15) is 17.6 Å². The molecule has 0 aliphatic rings. The summed E-state index contributed by atoms with van der Waals surface area (Å²) in [6.45, 7) is 0. The Bertz CT molecular complexity index is 1010. The first-order chi connectivity index (χ1) is 12.8. The van der Waals surface area contributed by atoms with E-state index in [9.17, 15) is 22.4 Å². The molecule has 0 amide bonds. The number of thioether (sulfide) groups is 1. The number of hydrogen-bond acceptors (Lipinski definition) is 3. The van der Waals surface area contributed by atoms with E-state index >= 15 is 0 Å². The molecule has 1 aromatic heterocycles. The first-order valence-corrected chi connectivity index (χ1v) is 8.54. The Labute approximate surface area is 156 Å². The molecule has 3 aromatic rings. The van der Waals surface area contributed by atoms with Crippen LogP contribution in [0.5, 0.6) is 0 Å². The first-order valence-electron chi connectivity index (χ1n) is 7.72. The second-order valence-corrected chi connectivity index (χ2v) is 6.45. The standard InChI is InChI=1S/C19H13F4NO2S/c1-26-18(25)14(19(21,22)23)17(20)27-16-12-9-5-6-10-13(12)24-15(16)11-7-3-2-4-8-11/h2-10,24H,1H3. The number of aromatic nitrogens is 1. The van der Waals surface area contributed by atoms with Gasteiger partial charge < -0.3 is 9.72 Å². The van der Waals surface area contributed by atoms with Crippen molar-refractivity contribution >= 4 is 28.6 Å². The molecule has 3 rings (SSSR count). The zero-order chi connectivity index (χ0) is 19.6. The SMILES string of the molecule is COC(=O)C(=C(F)Sc1c(-c2ccccc2)[nH]c2ccccc12)C(F)(F)F. The van der Waals surface area contributed by atoms with Crippen LogP contribution in [-0.2, 0) is 9.53 Å². The van der Waals surface area contributed by atoms with Crippen molar-refractivity contribution in [1.82, 2.24) is 4.98 Å². The fourth-order valence-electron chi connectivity index (χ4n) is 2.58. The van der Waals surface area contributed by atoms with E-state index in [1.54, 1.807) is 54.6 Å². The average Bonchev–Trinajstić information content (AvgIpc) is 3.00. The summed E-state index contributed by atoms with van der Waals surface area (Å²) < 4.78 is 58.2. The number of carbonyl (C=O) groups is 1. The number of para-hydroxylation sites is 1. The molecule has 0 aliphatic carbocycles. The number of ether oxygens (including phenoxy) is 1. The smallest absolute Gasteiger partial charge is 0.426 e. The third-order valence-electron chi connectivity index (χ3n) is 3.78. The van der Waals surface area contributed by atoms with E-state index in [0.717, 1.165) is 7.11 Å². The van der Waals surface area contributed by atoms with Crippen LogP contribution in [0, 0.1) is 0 Å². The summed E-state index contributed by atoms with van der Waals surface area (Å²) in [7, 11) is 0.771. The van der Waals surface area contributed by atoms with Crippen molar-refractivity contribution in [3.05, 3.63) is 65.3 Å². The maximum atomic E-state index is 14.6. The molecular formula is C19H13F4NO2S. The van der Waals surface area contributed by atoms with Gasteiger partial charge in [-0.15, -0.1) is 0 Å². The van der Waals surface area contributed by atoms with Gasteiger partial charge in [0.1, 0.15) is 0 Å². The Morgan fingerprint density at radius 2 is 1.67 bits per heavy atom. The van der Waals surface area contributed by atoms with Gasteiger partial charge in [-0.05, 0) is 11.6 Å². The quantitative estimate of drug-likeness (QED) is 0.261. The molecule has 0 bridgehead atoms. The number of benzene rings is 2. The van der Waals surface area contributed by atoms with Gasteiger partial charge in [0.25, 0.3) is 0 Å². The second kappa shape index (κ2) is 7.48. The number of methoxy groups -OCH3 is 1. The Kier molecular flexibility index (Phi) is 5.27. The van der Waals surface area contributed by atoms with Gasteiger partial charge in [0, 0.05) is 15.8 Å². The normalized spacial score (nSPS) is 12.8. The molecule has 0 aliphatic heterocycles. The van der Waals surface area contributed by atoms with Crippen LogP contribution in [0.1, 0.15) is 0 Å². The number of nitrogens with one attached hydrogen (secondary N) is 1. The second-order valence-electron chi connectivity index (χ2n) is 5.48. The number of rotatable bonds is 4. The Morgan fingerprint density at radius 1 is 1.04 bits per heavy atom. The van der Waals surface area contributed by atoms with Gasteiger partial charge in [0.2, 0.25) is 0 Å². The van der Waals surface area contributed by atoms with Crippen LogP contribution in [0.4, 0.5) is 17.6 Å².